The van der Waals surface area contributed by atoms with Crippen LogP contribution in [0.15, 0.2) is 48.0 Å². The molecule has 0 radical (unpaired) electrons. The van der Waals surface area contributed by atoms with E-state index in [-0.39, 0.29) is 17.2 Å². The van der Waals surface area contributed by atoms with E-state index in [1.54, 1.807) is 6.92 Å². The standard InChI is InChI=1S/C28H33F3N4O2/c1-16-12-21(15-27(4,5)14-16)35-24-11-6-19(17(2)18(3)25(32)36)13-23(24)34-26(35)33-20-7-9-22(10-8-20)37-28(29,30)31/h6-11,13,16,21H,12,14-15H2,1-5H3,(H2,32,36)(H,33,34)/t16-,21+/m1/s1. The van der Waals surface area contributed by atoms with E-state index in [1.807, 2.05) is 25.1 Å². The molecule has 0 saturated heterocycles. The molecule has 4 rings (SSSR count). The number of benzene rings is 2. The van der Waals surface area contributed by atoms with Gasteiger partial charge in [0.1, 0.15) is 5.75 Å². The maximum atomic E-state index is 12.6. The number of nitrogens with two attached hydrogens (primary N) is 1. The van der Waals surface area contributed by atoms with Crippen molar-refractivity contribution in [3.8, 4) is 5.75 Å². The van der Waals surface area contributed by atoms with Gasteiger partial charge >= 0.3 is 6.36 Å². The first-order valence-corrected chi connectivity index (χ1v) is 12.3. The minimum Gasteiger partial charge on any atom is -0.406 e. The van der Waals surface area contributed by atoms with Crippen molar-refractivity contribution in [2.45, 2.75) is 66.3 Å². The second kappa shape index (κ2) is 9.76. The van der Waals surface area contributed by atoms with Crippen LogP contribution in [0.1, 0.15) is 65.5 Å². The predicted molar refractivity (Wildman–Crippen MR) is 139 cm³/mol. The normalized spacial score (nSPS) is 20.4. The number of rotatable bonds is 6. The number of imidazole rings is 1. The molecule has 0 unspecified atom stereocenters. The van der Waals surface area contributed by atoms with Crippen LogP contribution in [0.25, 0.3) is 16.6 Å². The molecular formula is C28H33F3N4O2. The summed E-state index contributed by atoms with van der Waals surface area (Å²) in [6.45, 7) is 10.4. The van der Waals surface area contributed by atoms with E-state index in [4.69, 9.17) is 10.7 Å². The first-order valence-electron chi connectivity index (χ1n) is 12.3. The second-order valence-corrected chi connectivity index (χ2v) is 10.9. The van der Waals surface area contributed by atoms with Crippen molar-refractivity contribution >= 4 is 34.1 Å². The summed E-state index contributed by atoms with van der Waals surface area (Å²) in [7, 11) is 0. The van der Waals surface area contributed by atoms with E-state index in [9.17, 15) is 18.0 Å². The number of nitrogens with one attached hydrogen (secondary N) is 1. The highest BCUT2D eigenvalue weighted by atomic mass is 19.4. The molecule has 37 heavy (non-hydrogen) atoms. The van der Waals surface area contributed by atoms with Crippen LogP contribution in [-0.4, -0.2) is 21.8 Å². The van der Waals surface area contributed by atoms with Gasteiger partial charge in [0.15, 0.2) is 0 Å². The van der Waals surface area contributed by atoms with E-state index in [0.29, 0.717) is 23.1 Å². The molecule has 2 atom stereocenters. The van der Waals surface area contributed by atoms with Crippen molar-refractivity contribution in [3.05, 3.63) is 53.6 Å². The molecule has 198 valence electrons. The summed E-state index contributed by atoms with van der Waals surface area (Å²) in [5.41, 5.74) is 10.1. The number of hydrogen-bond donors (Lipinski definition) is 2. The summed E-state index contributed by atoms with van der Waals surface area (Å²) in [5.74, 6) is 0.383. The number of carbonyl (C=O) groups excluding carboxylic acids is 1. The fraction of sp³-hybridized carbons (Fsp3) is 0.429. The van der Waals surface area contributed by atoms with Crippen LogP contribution in [0.5, 0.6) is 5.75 Å². The third kappa shape index (κ3) is 6.09. The molecule has 2 aromatic carbocycles. The van der Waals surface area contributed by atoms with E-state index in [0.717, 1.165) is 41.4 Å². The summed E-state index contributed by atoms with van der Waals surface area (Å²) >= 11 is 0. The number of hydrogen-bond acceptors (Lipinski definition) is 4. The Kier molecular flexibility index (Phi) is 7.01. The van der Waals surface area contributed by atoms with Gasteiger partial charge in [-0.3, -0.25) is 4.79 Å². The fourth-order valence-electron chi connectivity index (χ4n) is 5.55. The zero-order chi connectivity index (χ0) is 27.1. The topological polar surface area (TPSA) is 82.2 Å². The lowest BCUT2D eigenvalue weighted by molar-refractivity contribution is -0.274. The van der Waals surface area contributed by atoms with Crippen LogP contribution in [0, 0.1) is 11.3 Å². The largest absolute Gasteiger partial charge is 0.573 e. The molecule has 1 saturated carbocycles. The van der Waals surface area contributed by atoms with Crippen LogP contribution in [0.2, 0.25) is 0 Å². The number of halogens is 3. The van der Waals surface area contributed by atoms with Gasteiger partial charge in [-0.25, -0.2) is 4.98 Å². The molecule has 1 aliphatic carbocycles. The molecule has 0 spiro atoms. The molecular weight excluding hydrogens is 481 g/mol. The molecule has 1 amide bonds. The Labute approximate surface area is 214 Å². The van der Waals surface area contributed by atoms with Gasteiger partial charge in [-0.15, -0.1) is 13.2 Å². The summed E-state index contributed by atoms with van der Waals surface area (Å²) in [5, 5.41) is 3.31. The van der Waals surface area contributed by atoms with Crippen molar-refractivity contribution in [1.82, 2.24) is 9.55 Å². The van der Waals surface area contributed by atoms with Crippen molar-refractivity contribution in [2.24, 2.45) is 17.1 Å². The van der Waals surface area contributed by atoms with Gasteiger partial charge in [0, 0.05) is 17.3 Å². The van der Waals surface area contributed by atoms with Gasteiger partial charge in [-0.1, -0.05) is 26.8 Å². The number of fused-ring (bicyclic) bond motifs is 1. The Hall–Kier alpha value is -3.49. The molecule has 1 aromatic heterocycles. The average molecular weight is 515 g/mol. The number of alkyl halides is 3. The van der Waals surface area contributed by atoms with Gasteiger partial charge in [0.05, 0.1) is 11.0 Å². The lowest BCUT2D eigenvalue weighted by Crippen LogP contribution is -2.29. The first-order chi connectivity index (χ1) is 17.2. The van der Waals surface area contributed by atoms with Gasteiger partial charge in [0.25, 0.3) is 0 Å². The number of primary amides is 1. The van der Waals surface area contributed by atoms with Crippen molar-refractivity contribution in [2.75, 3.05) is 5.32 Å². The zero-order valence-electron chi connectivity index (χ0n) is 21.7. The van der Waals surface area contributed by atoms with E-state index in [2.05, 4.69) is 35.4 Å². The maximum absolute atomic E-state index is 12.6. The molecule has 0 bridgehead atoms. The van der Waals surface area contributed by atoms with Crippen LogP contribution in [0.4, 0.5) is 24.8 Å². The molecule has 1 aliphatic rings. The summed E-state index contributed by atoms with van der Waals surface area (Å²) < 4.78 is 43.9. The smallest absolute Gasteiger partial charge is 0.406 e. The Balaban J connectivity index is 1.77. The predicted octanol–water partition coefficient (Wildman–Crippen LogP) is 7.34. The van der Waals surface area contributed by atoms with Crippen molar-refractivity contribution < 1.29 is 22.7 Å². The summed E-state index contributed by atoms with van der Waals surface area (Å²) in [6.07, 6.45) is -1.65. The second-order valence-electron chi connectivity index (χ2n) is 10.9. The van der Waals surface area contributed by atoms with Crippen LogP contribution in [-0.2, 0) is 4.79 Å². The zero-order valence-corrected chi connectivity index (χ0v) is 21.7. The molecule has 0 aliphatic heterocycles. The average Bonchev–Trinajstić information content (AvgIpc) is 3.14. The highest BCUT2D eigenvalue weighted by Gasteiger charge is 2.35. The van der Waals surface area contributed by atoms with Gasteiger partial charge in [-0.2, -0.15) is 0 Å². The van der Waals surface area contributed by atoms with Crippen LogP contribution in [0.3, 0.4) is 0 Å². The number of anilines is 2. The Bertz CT molecular complexity index is 1340. The Morgan fingerprint density at radius 1 is 1.14 bits per heavy atom. The van der Waals surface area contributed by atoms with E-state index in [1.165, 1.54) is 24.3 Å². The van der Waals surface area contributed by atoms with Crippen LogP contribution >= 0.6 is 0 Å². The highest BCUT2D eigenvalue weighted by Crippen LogP contribution is 2.46. The Morgan fingerprint density at radius 3 is 2.41 bits per heavy atom. The number of allylic oxidation sites excluding steroid dienone is 1. The third-order valence-corrected chi connectivity index (χ3v) is 7.13. The molecule has 1 fully saturated rings. The third-order valence-electron chi connectivity index (χ3n) is 7.13. The molecule has 3 N–H and O–H groups in total. The highest BCUT2D eigenvalue weighted by molar-refractivity contribution is 6.00. The maximum Gasteiger partial charge on any atom is 0.573 e. The monoisotopic (exact) mass is 514 g/mol. The fourth-order valence-corrected chi connectivity index (χ4v) is 5.55. The number of nitrogens with zero attached hydrogens (tertiary/aromatic N) is 2. The minimum atomic E-state index is -4.75. The molecule has 6 nitrogen and oxygen atoms in total. The number of amides is 1. The summed E-state index contributed by atoms with van der Waals surface area (Å²) in [6, 6.07) is 11.7. The SMILES string of the molecule is CC(C(N)=O)=C(C)c1ccc2c(c1)nc(Nc1ccc(OC(F)(F)F)cc1)n2[C@H]1C[C@@H](C)CC(C)(C)C1. The van der Waals surface area contributed by atoms with Gasteiger partial charge in [0.2, 0.25) is 11.9 Å². The molecule has 3 aromatic rings. The summed E-state index contributed by atoms with van der Waals surface area (Å²) in [4.78, 5) is 16.6. The lowest BCUT2D eigenvalue weighted by atomic mass is 9.70. The number of aromatic nitrogens is 2. The Morgan fingerprint density at radius 2 is 1.81 bits per heavy atom. The van der Waals surface area contributed by atoms with E-state index >= 15 is 0 Å². The van der Waals surface area contributed by atoms with E-state index < -0.39 is 12.3 Å². The lowest BCUT2D eigenvalue weighted by Gasteiger charge is -2.40. The van der Waals surface area contributed by atoms with Gasteiger partial charge < -0.3 is 20.4 Å². The first kappa shape index (κ1) is 26.6. The van der Waals surface area contributed by atoms with Gasteiger partial charge in [-0.05, 0) is 92.0 Å². The quantitative estimate of drug-likeness (QED) is 0.337. The molecule has 1 heterocycles. The molecule has 9 heteroatoms. The number of ether oxygens (including phenoxy) is 1. The number of carbonyl (C=O) groups is 1. The van der Waals surface area contributed by atoms with Crippen molar-refractivity contribution in [3.63, 3.8) is 0 Å². The van der Waals surface area contributed by atoms with Crippen LogP contribution < -0.4 is 15.8 Å². The minimum absolute atomic E-state index is 0.157. The van der Waals surface area contributed by atoms with Crippen molar-refractivity contribution in [1.29, 1.82) is 0 Å².